The molecule has 0 spiro atoms. The molecule has 140 valence electrons. The van der Waals surface area contributed by atoms with Gasteiger partial charge in [0, 0.05) is 30.2 Å². The second-order valence-electron chi connectivity index (χ2n) is 6.38. The Morgan fingerprint density at radius 3 is 2.68 bits per heavy atom. The third-order valence-corrected chi connectivity index (χ3v) is 4.50. The lowest BCUT2D eigenvalue weighted by molar-refractivity contribution is 0.0946. The second-order valence-corrected chi connectivity index (χ2v) is 6.38. The van der Waals surface area contributed by atoms with Gasteiger partial charge in [-0.25, -0.2) is 4.98 Å². The lowest BCUT2D eigenvalue weighted by atomic mass is 10.1. The van der Waals surface area contributed by atoms with E-state index in [1.165, 1.54) is 0 Å². The molecule has 0 saturated heterocycles. The van der Waals surface area contributed by atoms with Crippen LogP contribution >= 0.6 is 0 Å². The molecule has 0 aliphatic carbocycles. The number of phenols is 1. The van der Waals surface area contributed by atoms with E-state index >= 15 is 0 Å². The van der Waals surface area contributed by atoms with Crippen molar-refractivity contribution >= 4 is 5.91 Å². The van der Waals surface area contributed by atoms with E-state index < -0.39 is 0 Å². The number of aromatic nitrogens is 4. The van der Waals surface area contributed by atoms with E-state index in [2.05, 4.69) is 20.5 Å². The Bertz CT molecular complexity index is 1110. The third kappa shape index (κ3) is 3.50. The molecule has 7 heteroatoms. The number of aromatic hydroxyl groups is 1. The number of benzene rings is 2. The fourth-order valence-electron chi connectivity index (χ4n) is 2.97. The predicted octanol–water partition coefficient (Wildman–Crippen LogP) is 3.21. The number of carbonyl (C=O) groups is 1. The van der Waals surface area contributed by atoms with Gasteiger partial charge in [0.1, 0.15) is 17.3 Å². The van der Waals surface area contributed by atoms with E-state index in [4.69, 9.17) is 0 Å². The van der Waals surface area contributed by atoms with E-state index in [1.54, 1.807) is 36.5 Å². The number of aromatic amines is 1. The van der Waals surface area contributed by atoms with Crippen LogP contribution in [0.15, 0.2) is 67.0 Å². The first-order valence-corrected chi connectivity index (χ1v) is 8.83. The van der Waals surface area contributed by atoms with Crippen LogP contribution in [0.4, 0.5) is 0 Å². The number of imidazole rings is 1. The lowest BCUT2D eigenvalue weighted by Gasteiger charge is -2.07. The topological polar surface area (TPSA) is 95.8 Å². The van der Waals surface area contributed by atoms with E-state index in [9.17, 15) is 9.90 Å². The molecule has 2 aromatic carbocycles. The van der Waals surface area contributed by atoms with Crippen molar-refractivity contribution < 1.29 is 9.90 Å². The molecule has 0 unspecified atom stereocenters. The van der Waals surface area contributed by atoms with Crippen LogP contribution in [0.25, 0.3) is 16.9 Å². The quantitative estimate of drug-likeness (QED) is 0.500. The van der Waals surface area contributed by atoms with Gasteiger partial charge in [0.05, 0.1) is 5.69 Å². The summed E-state index contributed by atoms with van der Waals surface area (Å²) in [4.78, 5) is 16.6. The highest BCUT2D eigenvalue weighted by molar-refractivity contribution is 5.93. The third-order valence-electron chi connectivity index (χ3n) is 4.50. The summed E-state index contributed by atoms with van der Waals surface area (Å²) in [5.41, 5.74) is 3.43. The Labute approximate surface area is 161 Å². The summed E-state index contributed by atoms with van der Waals surface area (Å²) in [6, 6.07) is 16.4. The van der Waals surface area contributed by atoms with Crippen LogP contribution in [-0.2, 0) is 6.54 Å². The van der Waals surface area contributed by atoms with Crippen molar-refractivity contribution in [3.05, 3.63) is 84.1 Å². The minimum Gasteiger partial charge on any atom is -0.507 e. The molecule has 0 radical (unpaired) electrons. The fraction of sp³-hybridized carbons (Fsp3) is 0.0952. The molecule has 28 heavy (non-hydrogen) atoms. The van der Waals surface area contributed by atoms with Crippen molar-refractivity contribution in [2.45, 2.75) is 13.5 Å². The zero-order valence-electron chi connectivity index (χ0n) is 15.3. The predicted molar refractivity (Wildman–Crippen MR) is 105 cm³/mol. The maximum Gasteiger partial charge on any atom is 0.269 e. The van der Waals surface area contributed by atoms with Gasteiger partial charge in [-0.2, -0.15) is 5.10 Å². The second kappa shape index (κ2) is 7.40. The molecule has 1 amide bonds. The number of H-pyrrole nitrogens is 1. The van der Waals surface area contributed by atoms with Crippen molar-refractivity contribution in [1.82, 2.24) is 25.1 Å². The average molecular weight is 373 g/mol. The smallest absolute Gasteiger partial charge is 0.269 e. The monoisotopic (exact) mass is 373 g/mol. The van der Waals surface area contributed by atoms with Crippen molar-refractivity contribution in [2.75, 3.05) is 0 Å². The van der Waals surface area contributed by atoms with Gasteiger partial charge in [-0.05, 0) is 42.8 Å². The Morgan fingerprint density at radius 2 is 1.96 bits per heavy atom. The molecule has 0 saturated carbocycles. The van der Waals surface area contributed by atoms with Gasteiger partial charge in [0.2, 0.25) is 0 Å². The summed E-state index contributed by atoms with van der Waals surface area (Å²) in [5.74, 6) is 0.776. The fourth-order valence-corrected chi connectivity index (χ4v) is 2.97. The van der Waals surface area contributed by atoms with Gasteiger partial charge in [-0.1, -0.05) is 24.3 Å². The van der Waals surface area contributed by atoms with Crippen molar-refractivity contribution in [3.63, 3.8) is 0 Å². The number of aryl methyl sites for hydroxylation is 1. The summed E-state index contributed by atoms with van der Waals surface area (Å²) in [6.07, 6.45) is 3.67. The summed E-state index contributed by atoms with van der Waals surface area (Å²) < 4.78 is 1.99. The molecule has 3 N–H and O–H groups in total. The molecular formula is C21H19N5O2. The summed E-state index contributed by atoms with van der Waals surface area (Å²) in [7, 11) is 0. The maximum absolute atomic E-state index is 12.4. The van der Waals surface area contributed by atoms with Gasteiger partial charge < -0.3 is 15.0 Å². The molecule has 0 aliphatic heterocycles. The zero-order chi connectivity index (χ0) is 19.5. The number of amides is 1. The summed E-state index contributed by atoms with van der Waals surface area (Å²) in [6.45, 7) is 2.34. The van der Waals surface area contributed by atoms with Gasteiger partial charge in [-0.3, -0.25) is 9.89 Å². The van der Waals surface area contributed by atoms with Crippen LogP contribution in [0.1, 0.15) is 21.9 Å². The van der Waals surface area contributed by atoms with Crippen molar-refractivity contribution in [3.8, 4) is 22.7 Å². The van der Waals surface area contributed by atoms with Crippen molar-refractivity contribution in [1.29, 1.82) is 0 Å². The van der Waals surface area contributed by atoms with Crippen LogP contribution < -0.4 is 5.32 Å². The van der Waals surface area contributed by atoms with Crippen LogP contribution in [0.5, 0.6) is 5.75 Å². The number of carbonyl (C=O) groups excluding carboxylic acids is 1. The molecule has 7 nitrogen and oxygen atoms in total. The molecule has 2 aromatic heterocycles. The lowest BCUT2D eigenvalue weighted by Crippen LogP contribution is -2.23. The van der Waals surface area contributed by atoms with Crippen molar-refractivity contribution in [2.24, 2.45) is 0 Å². The zero-order valence-corrected chi connectivity index (χ0v) is 15.3. The number of hydrogen-bond donors (Lipinski definition) is 3. The minimum atomic E-state index is -0.260. The van der Waals surface area contributed by atoms with Gasteiger partial charge in [0.25, 0.3) is 5.91 Å². The summed E-state index contributed by atoms with van der Waals surface area (Å²) in [5, 5.41) is 19.6. The minimum absolute atomic E-state index is 0.120. The number of phenolic OH excluding ortho intramolecular Hbond substituents is 1. The molecule has 0 bridgehead atoms. The highest BCUT2D eigenvalue weighted by Crippen LogP contribution is 2.27. The van der Waals surface area contributed by atoms with E-state index in [0.717, 1.165) is 17.1 Å². The Morgan fingerprint density at radius 1 is 1.18 bits per heavy atom. The van der Waals surface area contributed by atoms with Crippen LogP contribution in [0, 0.1) is 6.92 Å². The number of nitrogens with one attached hydrogen (secondary N) is 2. The van der Waals surface area contributed by atoms with Crippen LogP contribution in [-0.4, -0.2) is 30.8 Å². The number of para-hydroxylation sites is 1. The maximum atomic E-state index is 12.4. The van der Waals surface area contributed by atoms with Crippen LogP contribution in [0.2, 0.25) is 0 Å². The number of nitrogens with zero attached hydrogens (tertiary/aromatic N) is 3. The normalized spacial score (nSPS) is 10.8. The Kier molecular flexibility index (Phi) is 4.63. The van der Waals surface area contributed by atoms with E-state index in [0.29, 0.717) is 23.5 Å². The van der Waals surface area contributed by atoms with E-state index in [-0.39, 0.29) is 11.7 Å². The summed E-state index contributed by atoms with van der Waals surface area (Å²) >= 11 is 0. The van der Waals surface area contributed by atoms with Gasteiger partial charge in [-0.15, -0.1) is 0 Å². The molecule has 0 aliphatic rings. The Balaban J connectivity index is 1.41. The first kappa shape index (κ1) is 17.5. The molecule has 0 atom stereocenters. The number of hydrogen-bond acceptors (Lipinski definition) is 4. The van der Waals surface area contributed by atoms with E-state index in [1.807, 2.05) is 42.0 Å². The number of rotatable bonds is 5. The molecule has 2 heterocycles. The SMILES string of the molecule is Cc1nccn1-c1ccc(CNC(=O)c2cc(-c3ccccc3O)n[nH]2)cc1. The highest BCUT2D eigenvalue weighted by Gasteiger charge is 2.13. The molecule has 4 aromatic rings. The first-order chi connectivity index (χ1) is 13.6. The molecular weight excluding hydrogens is 354 g/mol. The Hall–Kier alpha value is -3.87. The van der Waals surface area contributed by atoms with Gasteiger partial charge >= 0.3 is 0 Å². The first-order valence-electron chi connectivity index (χ1n) is 8.83. The largest absolute Gasteiger partial charge is 0.507 e. The standard InChI is InChI=1S/C21H19N5O2/c1-14-22-10-11-26(14)16-8-6-15(7-9-16)13-23-21(28)19-12-18(24-25-19)17-4-2-3-5-20(17)27/h2-12,27H,13H2,1H3,(H,23,28)(H,24,25). The average Bonchev–Trinajstić information content (AvgIpc) is 3.36. The molecule has 4 rings (SSSR count). The van der Waals surface area contributed by atoms with Crippen LogP contribution in [0.3, 0.4) is 0 Å². The molecule has 0 fully saturated rings. The van der Waals surface area contributed by atoms with Gasteiger partial charge in [0.15, 0.2) is 0 Å². The highest BCUT2D eigenvalue weighted by atomic mass is 16.3.